The molecule has 0 saturated heterocycles. The fraction of sp³-hybridized carbons (Fsp3) is 0.290. The Labute approximate surface area is 233 Å². The molecule has 202 valence electrons. The number of rotatable bonds is 12. The van der Waals surface area contributed by atoms with Gasteiger partial charge in [0.1, 0.15) is 0 Å². The SMILES string of the molecule is CCCCCNC(=O)c1ccc(Cn2c(SCC(=O)Nc3ccc(CC)cc3)nc3ccccc3c2=O)cc1. The van der Waals surface area contributed by atoms with Gasteiger partial charge in [-0.2, -0.15) is 0 Å². The second-order valence-electron chi connectivity index (χ2n) is 9.35. The summed E-state index contributed by atoms with van der Waals surface area (Å²) in [5.41, 5.74) is 3.79. The molecular weight excluding hydrogens is 508 g/mol. The number of unbranched alkanes of at least 4 members (excludes halogenated alkanes) is 2. The summed E-state index contributed by atoms with van der Waals surface area (Å²) in [6.07, 6.45) is 4.08. The van der Waals surface area contributed by atoms with E-state index < -0.39 is 0 Å². The molecule has 0 radical (unpaired) electrons. The van der Waals surface area contributed by atoms with Crippen molar-refractivity contribution >= 4 is 40.2 Å². The number of benzene rings is 3. The lowest BCUT2D eigenvalue weighted by molar-refractivity contribution is -0.113. The number of hydrogen-bond donors (Lipinski definition) is 2. The zero-order valence-corrected chi connectivity index (χ0v) is 23.2. The minimum absolute atomic E-state index is 0.103. The number of amides is 2. The summed E-state index contributed by atoms with van der Waals surface area (Å²) in [7, 11) is 0. The summed E-state index contributed by atoms with van der Waals surface area (Å²) in [5.74, 6) is -0.168. The summed E-state index contributed by atoms with van der Waals surface area (Å²) < 4.78 is 1.59. The van der Waals surface area contributed by atoms with E-state index in [1.165, 1.54) is 17.3 Å². The molecule has 1 aromatic heterocycles. The Bertz CT molecular complexity index is 1480. The fourth-order valence-electron chi connectivity index (χ4n) is 4.17. The van der Waals surface area contributed by atoms with Gasteiger partial charge < -0.3 is 10.6 Å². The molecule has 0 atom stereocenters. The standard InChI is InChI=1S/C31H34N4O3S/c1-3-5-8-19-32-29(37)24-15-11-23(12-16-24)20-35-30(38)26-9-6-7-10-27(26)34-31(35)39-21-28(36)33-25-17-13-22(4-2)14-18-25/h6-7,9-18H,3-5,8,19-21H2,1-2H3,(H,32,37)(H,33,36). The maximum atomic E-state index is 13.4. The van der Waals surface area contributed by atoms with Crippen molar-refractivity contribution in [3.8, 4) is 0 Å². The van der Waals surface area contributed by atoms with E-state index in [1.54, 1.807) is 28.8 Å². The van der Waals surface area contributed by atoms with Gasteiger partial charge in [-0.25, -0.2) is 4.98 Å². The molecule has 0 bridgehead atoms. The van der Waals surface area contributed by atoms with Crippen molar-refractivity contribution in [3.63, 3.8) is 0 Å². The quantitative estimate of drug-likeness (QED) is 0.137. The van der Waals surface area contributed by atoms with E-state index in [-0.39, 0.29) is 29.7 Å². The van der Waals surface area contributed by atoms with Crippen molar-refractivity contribution in [2.75, 3.05) is 17.6 Å². The lowest BCUT2D eigenvalue weighted by Crippen LogP contribution is -2.25. The number of nitrogens with zero attached hydrogens (tertiary/aromatic N) is 2. The molecule has 2 amide bonds. The molecule has 0 aliphatic heterocycles. The maximum Gasteiger partial charge on any atom is 0.262 e. The van der Waals surface area contributed by atoms with Crippen molar-refractivity contribution in [1.29, 1.82) is 0 Å². The van der Waals surface area contributed by atoms with Crippen molar-refractivity contribution in [1.82, 2.24) is 14.9 Å². The first-order valence-corrected chi connectivity index (χ1v) is 14.3. The second-order valence-corrected chi connectivity index (χ2v) is 10.3. The molecule has 0 spiro atoms. The summed E-state index contributed by atoms with van der Waals surface area (Å²) in [6.45, 7) is 5.14. The van der Waals surface area contributed by atoms with Gasteiger partial charge in [0.15, 0.2) is 5.16 Å². The molecular formula is C31H34N4O3S. The molecule has 4 aromatic rings. The molecule has 1 heterocycles. The van der Waals surface area contributed by atoms with E-state index in [0.29, 0.717) is 28.2 Å². The minimum atomic E-state index is -0.174. The highest BCUT2D eigenvalue weighted by molar-refractivity contribution is 7.99. The molecule has 3 aromatic carbocycles. The van der Waals surface area contributed by atoms with Crippen LogP contribution in [0, 0.1) is 0 Å². The number of fused-ring (bicyclic) bond motifs is 1. The highest BCUT2D eigenvalue weighted by Crippen LogP contribution is 2.20. The third-order valence-corrected chi connectivity index (χ3v) is 7.40. The molecule has 4 rings (SSSR count). The van der Waals surface area contributed by atoms with E-state index in [0.717, 1.165) is 36.9 Å². The van der Waals surface area contributed by atoms with Crippen molar-refractivity contribution in [2.24, 2.45) is 0 Å². The lowest BCUT2D eigenvalue weighted by Gasteiger charge is -2.14. The van der Waals surface area contributed by atoms with Gasteiger partial charge in [0.05, 0.1) is 23.2 Å². The molecule has 0 saturated carbocycles. The Morgan fingerprint density at radius 2 is 1.62 bits per heavy atom. The number of carbonyl (C=O) groups excluding carboxylic acids is 2. The van der Waals surface area contributed by atoms with Gasteiger partial charge in [-0.05, 0) is 60.4 Å². The largest absolute Gasteiger partial charge is 0.352 e. The Morgan fingerprint density at radius 1 is 0.897 bits per heavy atom. The summed E-state index contributed by atoms with van der Waals surface area (Å²) in [6, 6.07) is 22.2. The number of nitrogens with one attached hydrogen (secondary N) is 2. The second kappa shape index (κ2) is 13.8. The van der Waals surface area contributed by atoms with E-state index >= 15 is 0 Å². The third kappa shape index (κ3) is 7.57. The van der Waals surface area contributed by atoms with Gasteiger partial charge in [-0.3, -0.25) is 19.0 Å². The number of aryl methyl sites for hydroxylation is 1. The molecule has 0 aliphatic rings. The van der Waals surface area contributed by atoms with Crippen LogP contribution in [-0.4, -0.2) is 33.7 Å². The first kappa shape index (κ1) is 28.1. The average molecular weight is 543 g/mol. The third-order valence-electron chi connectivity index (χ3n) is 6.43. The van der Waals surface area contributed by atoms with Crippen LogP contribution in [-0.2, 0) is 17.8 Å². The summed E-state index contributed by atoms with van der Waals surface area (Å²) in [4.78, 5) is 43.3. The van der Waals surface area contributed by atoms with Gasteiger partial charge in [-0.1, -0.05) is 74.8 Å². The van der Waals surface area contributed by atoms with Gasteiger partial charge in [0.2, 0.25) is 5.91 Å². The maximum absolute atomic E-state index is 13.4. The molecule has 0 fully saturated rings. The molecule has 39 heavy (non-hydrogen) atoms. The lowest BCUT2D eigenvalue weighted by atomic mass is 10.1. The van der Waals surface area contributed by atoms with Crippen LogP contribution in [0.3, 0.4) is 0 Å². The van der Waals surface area contributed by atoms with Crippen molar-refractivity contribution in [3.05, 3.63) is 99.8 Å². The molecule has 2 N–H and O–H groups in total. The van der Waals surface area contributed by atoms with Gasteiger partial charge in [-0.15, -0.1) is 0 Å². The molecule has 0 aliphatic carbocycles. The number of aromatic nitrogens is 2. The Balaban J connectivity index is 1.50. The molecule has 7 nitrogen and oxygen atoms in total. The van der Waals surface area contributed by atoms with Crippen LogP contribution in [0.15, 0.2) is 82.7 Å². The Kier molecular flexibility index (Phi) is 9.91. The fourth-order valence-corrected chi connectivity index (χ4v) is 4.97. The van der Waals surface area contributed by atoms with Crippen LogP contribution in [0.5, 0.6) is 0 Å². The minimum Gasteiger partial charge on any atom is -0.352 e. The topological polar surface area (TPSA) is 93.1 Å². The van der Waals surface area contributed by atoms with E-state index in [2.05, 4.69) is 24.5 Å². The Hall–Kier alpha value is -3.91. The van der Waals surface area contributed by atoms with Gasteiger partial charge in [0, 0.05) is 17.8 Å². The van der Waals surface area contributed by atoms with Crippen LogP contribution in [0.25, 0.3) is 10.9 Å². The number of hydrogen-bond acceptors (Lipinski definition) is 5. The van der Waals surface area contributed by atoms with Crippen molar-refractivity contribution in [2.45, 2.75) is 51.2 Å². The van der Waals surface area contributed by atoms with Gasteiger partial charge in [0.25, 0.3) is 11.5 Å². The smallest absolute Gasteiger partial charge is 0.262 e. The van der Waals surface area contributed by atoms with E-state index in [9.17, 15) is 14.4 Å². The summed E-state index contributed by atoms with van der Waals surface area (Å²) >= 11 is 1.23. The number of para-hydroxylation sites is 1. The first-order chi connectivity index (χ1) is 19.0. The van der Waals surface area contributed by atoms with Crippen LogP contribution >= 0.6 is 11.8 Å². The van der Waals surface area contributed by atoms with E-state index in [1.807, 2.05) is 48.5 Å². The number of carbonyl (C=O) groups is 2. The number of anilines is 1. The predicted molar refractivity (Wildman–Crippen MR) is 159 cm³/mol. The van der Waals surface area contributed by atoms with Crippen molar-refractivity contribution < 1.29 is 9.59 Å². The zero-order valence-electron chi connectivity index (χ0n) is 22.4. The summed E-state index contributed by atoms with van der Waals surface area (Å²) in [5, 5.41) is 6.84. The predicted octanol–water partition coefficient (Wildman–Crippen LogP) is 5.66. The van der Waals surface area contributed by atoms with Crippen LogP contribution in [0.1, 0.15) is 54.6 Å². The zero-order chi connectivity index (χ0) is 27.6. The Morgan fingerprint density at radius 3 is 2.33 bits per heavy atom. The molecule has 0 unspecified atom stereocenters. The average Bonchev–Trinajstić information content (AvgIpc) is 2.96. The highest BCUT2D eigenvalue weighted by Gasteiger charge is 2.14. The highest BCUT2D eigenvalue weighted by atomic mass is 32.2. The molecule has 8 heteroatoms. The van der Waals surface area contributed by atoms with Crippen LogP contribution in [0.4, 0.5) is 5.69 Å². The normalized spacial score (nSPS) is 10.9. The first-order valence-electron chi connectivity index (χ1n) is 13.4. The number of thioether (sulfide) groups is 1. The van der Waals surface area contributed by atoms with Crippen LogP contribution < -0.4 is 16.2 Å². The van der Waals surface area contributed by atoms with Gasteiger partial charge >= 0.3 is 0 Å². The monoisotopic (exact) mass is 542 g/mol. The van der Waals surface area contributed by atoms with E-state index in [4.69, 9.17) is 4.98 Å². The van der Waals surface area contributed by atoms with Crippen LogP contribution in [0.2, 0.25) is 0 Å².